The summed E-state index contributed by atoms with van der Waals surface area (Å²) in [5.74, 6) is 0.995. The number of hydrogen-bond donors (Lipinski definition) is 1. The fourth-order valence-electron chi connectivity index (χ4n) is 2.58. The Morgan fingerprint density at radius 1 is 1.04 bits per heavy atom. The first-order chi connectivity index (χ1) is 11.3. The zero-order chi connectivity index (χ0) is 16.1. The monoisotopic (exact) mass is 309 g/mol. The Bertz CT molecular complexity index is 728. The van der Waals surface area contributed by atoms with E-state index >= 15 is 0 Å². The lowest BCUT2D eigenvalue weighted by atomic mass is 10.0. The second-order valence-corrected chi connectivity index (χ2v) is 5.32. The van der Waals surface area contributed by atoms with Crippen LogP contribution in [0.4, 0.5) is 5.95 Å². The van der Waals surface area contributed by atoms with Crippen molar-refractivity contribution >= 4 is 5.95 Å². The van der Waals surface area contributed by atoms with Crippen LogP contribution in [0.15, 0.2) is 65.2 Å². The van der Waals surface area contributed by atoms with E-state index in [-0.39, 0.29) is 12.6 Å². The molecule has 0 amide bonds. The van der Waals surface area contributed by atoms with Gasteiger partial charge in [0.15, 0.2) is 0 Å². The largest absolute Gasteiger partial charge is 0.396 e. The highest BCUT2D eigenvalue weighted by atomic mass is 16.5. The molecule has 0 aliphatic carbocycles. The minimum Gasteiger partial charge on any atom is -0.396 e. The van der Waals surface area contributed by atoms with Crippen LogP contribution in [0.3, 0.4) is 0 Å². The summed E-state index contributed by atoms with van der Waals surface area (Å²) in [5.41, 5.74) is 1.99. The van der Waals surface area contributed by atoms with E-state index in [1.165, 1.54) is 0 Å². The second kappa shape index (κ2) is 7.07. The standard InChI is InChI=1S/C18H19N3O2/c1-21(16(12-13-22)14-8-4-2-5-9-14)18-19-17(23-20-18)15-10-6-3-7-11-15/h2-11,16,22H,12-13H2,1H3. The molecule has 0 saturated heterocycles. The van der Waals surface area contributed by atoms with E-state index in [1.807, 2.05) is 72.6 Å². The van der Waals surface area contributed by atoms with Crippen molar-refractivity contribution in [1.82, 2.24) is 10.1 Å². The van der Waals surface area contributed by atoms with Crippen LogP contribution in [0.25, 0.3) is 11.5 Å². The Hall–Kier alpha value is -2.66. The van der Waals surface area contributed by atoms with Gasteiger partial charge in [0.25, 0.3) is 11.8 Å². The summed E-state index contributed by atoms with van der Waals surface area (Å²) in [5, 5.41) is 13.5. The van der Waals surface area contributed by atoms with E-state index in [9.17, 15) is 5.11 Å². The summed E-state index contributed by atoms with van der Waals surface area (Å²) in [4.78, 5) is 6.41. The van der Waals surface area contributed by atoms with Crippen molar-refractivity contribution in [2.75, 3.05) is 18.6 Å². The molecule has 1 unspecified atom stereocenters. The van der Waals surface area contributed by atoms with Crippen molar-refractivity contribution in [2.45, 2.75) is 12.5 Å². The maximum atomic E-state index is 9.39. The van der Waals surface area contributed by atoms with Crippen LogP contribution in [-0.2, 0) is 0 Å². The Morgan fingerprint density at radius 2 is 1.70 bits per heavy atom. The highest BCUT2D eigenvalue weighted by Crippen LogP contribution is 2.28. The summed E-state index contributed by atoms with van der Waals surface area (Å²) in [6.07, 6.45) is 0.593. The summed E-state index contributed by atoms with van der Waals surface area (Å²) < 4.78 is 5.37. The van der Waals surface area contributed by atoms with Gasteiger partial charge in [-0.25, -0.2) is 0 Å². The third-order valence-electron chi connectivity index (χ3n) is 3.81. The molecule has 1 heterocycles. The van der Waals surface area contributed by atoms with Gasteiger partial charge in [0.1, 0.15) is 0 Å². The summed E-state index contributed by atoms with van der Waals surface area (Å²) in [6, 6.07) is 19.7. The average molecular weight is 309 g/mol. The lowest BCUT2D eigenvalue weighted by Crippen LogP contribution is -2.26. The van der Waals surface area contributed by atoms with Crippen molar-refractivity contribution < 1.29 is 9.63 Å². The number of aliphatic hydroxyl groups excluding tert-OH is 1. The van der Waals surface area contributed by atoms with Crippen molar-refractivity contribution in [1.29, 1.82) is 0 Å². The summed E-state index contributed by atoms with van der Waals surface area (Å²) in [7, 11) is 1.91. The van der Waals surface area contributed by atoms with Crippen molar-refractivity contribution in [2.24, 2.45) is 0 Å². The minimum atomic E-state index is -0.0116. The number of anilines is 1. The summed E-state index contributed by atoms with van der Waals surface area (Å²) in [6.45, 7) is 0.0906. The van der Waals surface area contributed by atoms with Crippen molar-refractivity contribution in [3.05, 3.63) is 66.2 Å². The molecule has 5 heteroatoms. The minimum absolute atomic E-state index is 0.0116. The van der Waals surface area contributed by atoms with Gasteiger partial charge in [0, 0.05) is 19.2 Å². The van der Waals surface area contributed by atoms with Crippen LogP contribution >= 0.6 is 0 Å². The molecule has 0 aliphatic heterocycles. The Kier molecular flexibility index (Phi) is 4.68. The lowest BCUT2D eigenvalue weighted by Gasteiger charge is -2.26. The molecule has 0 saturated carbocycles. The molecule has 118 valence electrons. The quantitative estimate of drug-likeness (QED) is 0.757. The van der Waals surface area contributed by atoms with Gasteiger partial charge < -0.3 is 14.5 Å². The average Bonchev–Trinajstić information content (AvgIpc) is 3.11. The van der Waals surface area contributed by atoms with Crippen LogP contribution < -0.4 is 4.90 Å². The van der Waals surface area contributed by atoms with E-state index in [0.29, 0.717) is 18.3 Å². The lowest BCUT2D eigenvalue weighted by molar-refractivity contribution is 0.274. The van der Waals surface area contributed by atoms with Crippen molar-refractivity contribution in [3.63, 3.8) is 0 Å². The van der Waals surface area contributed by atoms with E-state index in [1.54, 1.807) is 0 Å². The molecular formula is C18H19N3O2. The number of nitrogens with zero attached hydrogens (tertiary/aromatic N) is 3. The highest BCUT2D eigenvalue weighted by molar-refractivity contribution is 5.54. The van der Waals surface area contributed by atoms with Crippen LogP contribution in [-0.4, -0.2) is 28.9 Å². The smallest absolute Gasteiger partial charge is 0.266 e. The number of aromatic nitrogens is 2. The molecular weight excluding hydrogens is 290 g/mol. The van der Waals surface area contributed by atoms with E-state index in [0.717, 1.165) is 11.1 Å². The Morgan fingerprint density at radius 3 is 2.35 bits per heavy atom. The fraction of sp³-hybridized carbons (Fsp3) is 0.222. The molecule has 3 aromatic rings. The summed E-state index contributed by atoms with van der Waals surface area (Å²) >= 11 is 0. The van der Waals surface area contributed by atoms with Crippen LogP contribution in [0.1, 0.15) is 18.0 Å². The molecule has 3 rings (SSSR count). The zero-order valence-corrected chi connectivity index (χ0v) is 13.0. The molecule has 0 radical (unpaired) electrons. The normalized spacial score (nSPS) is 12.1. The molecule has 1 aromatic heterocycles. The van der Waals surface area contributed by atoms with Gasteiger partial charge in [-0.1, -0.05) is 48.5 Å². The van der Waals surface area contributed by atoms with Gasteiger partial charge in [-0.3, -0.25) is 0 Å². The molecule has 2 aromatic carbocycles. The SMILES string of the molecule is CN(c1noc(-c2ccccc2)n1)C(CCO)c1ccccc1. The number of rotatable bonds is 6. The molecule has 1 N–H and O–H groups in total. The zero-order valence-electron chi connectivity index (χ0n) is 13.0. The first-order valence-corrected chi connectivity index (χ1v) is 7.57. The Labute approximate surface area is 135 Å². The predicted octanol–water partition coefficient (Wildman–Crippen LogP) is 3.30. The molecule has 23 heavy (non-hydrogen) atoms. The van der Waals surface area contributed by atoms with E-state index in [2.05, 4.69) is 10.1 Å². The second-order valence-electron chi connectivity index (χ2n) is 5.32. The van der Waals surface area contributed by atoms with Gasteiger partial charge in [0.05, 0.1) is 6.04 Å². The van der Waals surface area contributed by atoms with Gasteiger partial charge >= 0.3 is 0 Å². The van der Waals surface area contributed by atoms with Gasteiger partial charge in [-0.15, -0.1) is 0 Å². The highest BCUT2D eigenvalue weighted by Gasteiger charge is 2.21. The number of benzene rings is 2. The molecule has 1 atom stereocenters. The van der Waals surface area contributed by atoms with Crippen LogP contribution in [0.5, 0.6) is 0 Å². The molecule has 5 nitrogen and oxygen atoms in total. The Balaban J connectivity index is 1.86. The van der Waals surface area contributed by atoms with Crippen LogP contribution in [0.2, 0.25) is 0 Å². The first-order valence-electron chi connectivity index (χ1n) is 7.57. The van der Waals surface area contributed by atoms with Crippen LogP contribution in [0, 0.1) is 0 Å². The number of hydrogen-bond acceptors (Lipinski definition) is 5. The predicted molar refractivity (Wildman–Crippen MR) is 89.0 cm³/mol. The third-order valence-corrected chi connectivity index (χ3v) is 3.81. The first kappa shape index (κ1) is 15.2. The topological polar surface area (TPSA) is 62.4 Å². The van der Waals surface area contributed by atoms with Gasteiger partial charge in [-0.05, 0) is 29.3 Å². The number of aliphatic hydroxyl groups is 1. The van der Waals surface area contributed by atoms with Gasteiger partial charge in [-0.2, -0.15) is 4.98 Å². The molecule has 0 fully saturated rings. The molecule has 0 aliphatic rings. The van der Waals surface area contributed by atoms with Gasteiger partial charge in [0.2, 0.25) is 0 Å². The fourth-order valence-corrected chi connectivity index (χ4v) is 2.58. The maximum Gasteiger partial charge on any atom is 0.266 e. The van der Waals surface area contributed by atoms with Crippen molar-refractivity contribution in [3.8, 4) is 11.5 Å². The van der Waals surface area contributed by atoms with E-state index < -0.39 is 0 Å². The molecule has 0 bridgehead atoms. The third kappa shape index (κ3) is 3.40. The maximum absolute atomic E-state index is 9.39. The van der Waals surface area contributed by atoms with E-state index in [4.69, 9.17) is 4.52 Å². The molecule has 0 spiro atoms.